The van der Waals surface area contributed by atoms with Gasteiger partial charge in [-0.15, -0.1) is 0 Å². The van der Waals surface area contributed by atoms with E-state index in [1.54, 1.807) is 0 Å². The average Bonchev–Trinajstić information content (AvgIpc) is 3.07. The van der Waals surface area contributed by atoms with Crippen LogP contribution >= 0.6 is 0 Å². The standard InChI is InChI=1S/C24H30N6O2/c1-17(2)21(28-24(32)25-18-9-4-3-5-10-18)22(31)29-13-8-14-30(16-15-29)23-26-19-11-6-7-12-20(19)27-23/h3-7,9-12,17,21H,8,13-16H2,1-2H3,(H,26,27)(H2,25,28,32). The lowest BCUT2D eigenvalue weighted by Crippen LogP contribution is -2.53. The number of aromatic amines is 1. The van der Waals surface area contributed by atoms with Gasteiger partial charge in [-0.05, 0) is 36.6 Å². The van der Waals surface area contributed by atoms with Gasteiger partial charge in [-0.25, -0.2) is 9.78 Å². The fourth-order valence-electron chi connectivity index (χ4n) is 3.98. The molecule has 0 saturated carbocycles. The summed E-state index contributed by atoms with van der Waals surface area (Å²) in [6, 6.07) is 16.2. The number of hydrogen-bond acceptors (Lipinski definition) is 4. The van der Waals surface area contributed by atoms with Crippen LogP contribution in [0.5, 0.6) is 0 Å². The molecule has 168 valence electrons. The Bertz CT molecular complexity index is 1030. The molecule has 0 aliphatic carbocycles. The molecule has 8 heteroatoms. The first-order chi connectivity index (χ1) is 15.5. The average molecular weight is 435 g/mol. The predicted octanol–water partition coefficient (Wildman–Crippen LogP) is 3.45. The summed E-state index contributed by atoms with van der Waals surface area (Å²) in [4.78, 5) is 37.9. The molecule has 1 unspecified atom stereocenters. The lowest BCUT2D eigenvalue weighted by Gasteiger charge is -2.29. The molecule has 1 aliphatic heterocycles. The molecule has 4 rings (SSSR count). The van der Waals surface area contributed by atoms with Gasteiger partial charge in [0.2, 0.25) is 11.9 Å². The summed E-state index contributed by atoms with van der Waals surface area (Å²) in [5.74, 6) is 0.759. The van der Waals surface area contributed by atoms with E-state index in [2.05, 4.69) is 20.5 Å². The molecule has 2 heterocycles. The Morgan fingerprint density at radius 1 is 0.969 bits per heavy atom. The lowest BCUT2D eigenvalue weighted by molar-refractivity contribution is -0.134. The molecular weight excluding hydrogens is 404 g/mol. The second-order valence-corrected chi connectivity index (χ2v) is 8.43. The zero-order valence-corrected chi connectivity index (χ0v) is 18.5. The Labute approximate surface area is 188 Å². The second kappa shape index (κ2) is 9.72. The molecule has 1 aromatic heterocycles. The number of benzene rings is 2. The molecule has 3 amide bonds. The van der Waals surface area contributed by atoms with Gasteiger partial charge in [-0.2, -0.15) is 0 Å². The second-order valence-electron chi connectivity index (χ2n) is 8.43. The van der Waals surface area contributed by atoms with Crippen molar-refractivity contribution in [2.24, 2.45) is 5.92 Å². The smallest absolute Gasteiger partial charge is 0.319 e. The van der Waals surface area contributed by atoms with E-state index < -0.39 is 6.04 Å². The van der Waals surface area contributed by atoms with Crippen molar-refractivity contribution in [3.63, 3.8) is 0 Å². The van der Waals surface area contributed by atoms with Crippen molar-refractivity contribution < 1.29 is 9.59 Å². The zero-order valence-electron chi connectivity index (χ0n) is 18.5. The Morgan fingerprint density at radius 3 is 2.47 bits per heavy atom. The van der Waals surface area contributed by atoms with Crippen molar-refractivity contribution in [3.8, 4) is 0 Å². The van der Waals surface area contributed by atoms with Gasteiger partial charge in [0.05, 0.1) is 11.0 Å². The summed E-state index contributed by atoms with van der Waals surface area (Å²) in [5, 5.41) is 5.67. The number of nitrogens with zero attached hydrogens (tertiary/aromatic N) is 3. The number of anilines is 2. The summed E-state index contributed by atoms with van der Waals surface area (Å²) in [7, 11) is 0. The Kier molecular flexibility index (Phi) is 6.58. The van der Waals surface area contributed by atoms with Crippen LogP contribution in [0, 0.1) is 5.92 Å². The molecule has 1 atom stereocenters. The number of carbonyl (C=O) groups excluding carboxylic acids is 2. The van der Waals surface area contributed by atoms with Crippen molar-refractivity contribution >= 4 is 34.6 Å². The van der Waals surface area contributed by atoms with Crippen molar-refractivity contribution in [3.05, 3.63) is 54.6 Å². The number of fused-ring (bicyclic) bond motifs is 1. The number of aromatic nitrogens is 2. The Hall–Kier alpha value is -3.55. The Morgan fingerprint density at radius 2 is 1.72 bits per heavy atom. The fourth-order valence-corrected chi connectivity index (χ4v) is 3.98. The van der Waals surface area contributed by atoms with Gasteiger partial charge in [0.15, 0.2) is 0 Å². The number of H-pyrrole nitrogens is 1. The summed E-state index contributed by atoms with van der Waals surface area (Å²) in [5.41, 5.74) is 2.64. The summed E-state index contributed by atoms with van der Waals surface area (Å²) in [6.45, 7) is 6.64. The number of carbonyl (C=O) groups is 2. The number of hydrogen-bond donors (Lipinski definition) is 3. The maximum atomic E-state index is 13.3. The maximum Gasteiger partial charge on any atom is 0.319 e. The first kappa shape index (κ1) is 21.7. The minimum Gasteiger partial charge on any atom is -0.341 e. The molecule has 8 nitrogen and oxygen atoms in total. The fraction of sp³-hybridized carbons (Fsp3) is 0.375. The number of rotatable bonds is 5. The van der Waals surface area contributed by atoms with Crippen molar-refractivity contribution in [1.82, 2.24) is 20.2 Å². The predicted molar refractivity (Wildman–Crippen MR) is 127 cm³/mol. The molecule has 1 saturated heterocycles. The quantitative estimate of drug-likeness (QED) is 0.573. The Balaban J connectivity index is 1.39. The lowest BCUT2D eigenvalue weighted by atomic mass is 10.0. The van der Waals surface area contributed by atoms with Gasteiger partial charge in [-0.1, -0.05) is 44.2 Å². The van der Waals surface area contributed by atoms with Crippen LogP contribution in [0.1, 0.15) is 20.3 Å². The normalized spacial score (nSPS) is 15.5. The molecule has 3 aromatic rings. The van der Waals surface area contributed by atoms with Crippen LogP contribution in [0.3, 0.4) is 0 Å². The maximum absolute atomic E-state index is 13.3. The molecule has 1 aliphatic rings. The van der Waals surface area contributed by atoms with E-state index in [0.717, 1.165) is 29.9 Å². The highest BCUT2D eigenvalue weighted by atomic mass is 16.2. The van der Waals surface area contributed by atoms with Gasteiger partial charge in [0.1, 0.15) is 6.04 Å². The van der Waals surface area contributed by atoms with E-state index in [-0.39, 0.29) is 17.9 Å². The highest BCUT2D eigenvalue weighted by Gasteiger charge is 2.30. The molecule has 2 aromatic carbocycles. The minimum absolute atomic E-state index is 0.0289. The number of urea groups is 1. The van der Waals surface area contributed by atoms with Crippen LogP contribution < -0.4 is 15.5 Å². The number of nitrogens with one attached hydrogen (secondary N) is 3. The monoisotopic (exact) mass is 434 g/mol. The van der Waals surface area contributed by atoms with Crippen LogP contribution in [0.15, 0.2) is 54.6 Å². The van der Waals surface area contributed by atoms with Crippen LogP contribution in [0.2, 0.25) is 0 Å². The zero-order chi connectivity index (χ0) is 22.5. The van der Waals surface area contributed by atoms with E-state index in [4.69, 9.17) is 4.98 Å². The van der Waals surface area contributed by atoms with Crippen molar-refractivity contribution in [2.45, 2.75) is 26.3 Å². The number of amides is 3. The molecule has 1 fully saturated rings. The third kappa shape index (κ3) is 5.01. The first-order valence-corrected chi connectivity index (χ1v) is 11.1. The van der Waals surface area contributed by atoms with Crippen LogP contribution in [0.25, 0.3) is 11.0 Å². The topological polar surface area (TPSA) is 93.4 Å². The first-order valence-electron chi connectivity index (χ1n) is 11.1. The molecule has 0 spiro atoms. The number of para-hydroxylation sites is 3. The minimum atomic E-state index is -0.587. The molecule has 32 heavy (non-hydrogen) atoms. The van der Waals surface area contributed by atoms with Crippen molar-refractivity contribution in [2.75, 3.05) is 36.4 Å². The van der Waals surface area contributed by atoms with Gasteiger partial charge in [0, 0.05) is 31.9 Å². The van der Waals surface area contributed by atoms with E-state index in [1.807, 2.05) is 73.3 Å². The summed E-state index contributed by atoms with van der Waals surface area (Å²) < 4.78 is 0. The molecule has 0 radical (unpaired) electrons. The van der Waals surface area contributed by atoms with Gasteiger partial charge >= 0.3 is 6.03 Å². The van der Waals surface area contributed by atoms with E-state index >= 15 is 0 Å². The van der Waals surface area contributed by atoms with Gasteiger partial charge in [0.25, 0.3) is 0 Å². The van der Waals surface area contributed by atoms with Gasteiger partial charge < -0.3 is 25.4 Å². The van der Waals surface area contributed by atoms with E-state index in [0.29, 0.717) is 25.3 Å². The summed E-state index contributed by atoms with van der Waals surface area (Å²) in [6.07, 6.45) is 0.837. The number of imidazole rings is 1. The van der Waals surface area contributed by atoms with E-state index in [9.17, 15) is 9.59 Å². The van der Waals surface area contributed by atoms with Gasteiger partial charge in [-0.3, -0.25) is 4.79 Å². The van der Waals surface area contributed by atoms with E-state index in [1.165, 1.54) is 0 Å². The largest absolute Gasteiger partial charge is 0.341 e. The molecule has 0 bridgehead atoms. The third-order valence-electron chi connectivity index (χ3n) is 5.73. The van der Waals surface area contributed by atoms with Crippen LogP contribution in [-0.4, -0.2) is 59.0 Å². The summed E-state index contributed by atoms with van der Waals surface area (Å²) >= 11 is 0. The highest BCUT2D eigenvalue weighted by Crippen LogP contribution is 2.19. The highest BCUT2D eigenvalue weighted by molar-refractivity contribution is 5.93. The third-order valence-corrected chi connectivity index (χ3v) is 5.73. The van der Waals surface area contributed by atoms with Crippen LogP contribution in [-0.2, 0) is 4.79 Å². The SMILES string of the molecule is CC(C)C(NC(=O)Nc1ccccc1)C(=O)N1CCCN(c2nc3ccccc3[nH]2)CC1. The molecular formula is C24H30N6O2. The molecule has 3 N–H and O–H groups in total. The van der Waals surface area contributed by atoms with Crippen molar-refractivity contribution in [1.29, 1.82) is 0 Å². The van der Waals surface area contributed by atoms with Crippen LogP contribution in [0.4, 0.5) is 16.4 Å².